The van der Waals surface area contributed by atoms with Crippen LogP contribution in [-0.2, 0) is 0 Å². The summed E-state index contributed by atoms with van der Waals surface area (Å²) in [5, 5.41) is 9.14. The summed E-state index contributed by atoms with van der Waals surface area (Å²) in [4.78, 5) is 0. The molecule has 1 N–H and O–H groups in total. The monoisotopic (exact) mass is 126 g/mol. The van der Waals surface area contributed by atoms with Crippen LogP contribution in [0.25, 0.3) is 0 Å². The summed E-state index contributed by atoms with van der Waals surface area (Å²) in [5.74, 6) is 5.69. The third-order valence-electron chi connectivity index (χ3n) is 1.48. The van der Waals surface area contributed by atoms with Crippen molar-refractivity contribution >= 4 is 0 Å². The largest absolute Gasteiger partial charge is 0.380 e. The van der Waals surface area contributed by atoms with Crippen molar-refractivity contribution in [1.29, 1.82) is 0 Å². The molecule has 0 radical (unpaired) electrons. The molecule has 0 spiro atoms. The molecule has 1 heteroatoms. The van der Waals surface area contributed by atoms with E-state index in [4.69, 9.17) is 5.11 Å². The van der Waals surface area contributed by atoms with Crippen LogP contribution in [0, 0.1) is 17.8 Å². The topological polar surface area (TPSA) is 20.2 Å². The third kappa shape index (κ3) is 3.16. The van der Waals surface area contributed by atoms with Gasteiger partial charge in [0, 0.05) is 0 Å². The second-order valence-corrected chi connectivity index (χ2v) is 2.22. The van der Waals surface area contributed by atoms with E-state index in [1.165, 1.54) is 0 Å². The van der Waals surface area contributed by atoms with Crippen molar-refractivity contribution in [2.24, 2.45) is 5.92 Å². The van der Waals surface area contributed by atoms with Crippen LogP contribution in [0.1, 0.15) is 27.2 Å². The minimum Gasteiger partial charge on any atom is -0.380 e. The second kappa shape index (κ2) is 4.40. The maximum absolute atomic E-state index is 9.14. The van der Waals surface area contributed by atoms with E-state index in [0.29, 0.717) is 5.92 Å². The van der Waals surface area contributed by atoms with Crippen molar-refractivity contribution in [3.8, 4) is 11.8 Å². The minimum absolute atomic E-state index is 0.303. The molecule has 2 atom stereocenters. The van der Waals surface area contributed by atoms with E-state index in [0.717, 1.165) is 6.42 Å². The zero-order valence-corrected chi connectivity index (χ0v) is 6.31. The molecular weight excluding hydrogens is 112 g/mol. The SMILES string of the molecule is CC#CC(O)C(C)CC. The first kappa shape index (κ1) is 8.52. The summed E-state index contributed by atoms with van der Waals surface area (Å²) in [7, 11) is 0. The molecule has 0 bridgehead atoms. The standard InChI is InChI=1S/C8H14O/c1-4-6-8(9)7(3)5-2/h7-9H,5H2,1-3H3. The number of aliphatic hydroxyl groups is 1. The van der Waals surface area contributed by atoms with Crippen LogP contribution in [0.15, 0.2) is 0 Å². The van der Waals surface area contributed by atoms with Gasteiger partial charge >= 0.3 is 0 Å². The fourth-order valence-electron chi connectivity index (χ4n) is 0.513. The van der Waals surface area contributed by atoms with Crippen molar-refractivity contribution < 1.29 is 5.11 Å². The van der Waals surface area contributed by atoms with Crippen LogP contribution in [0.3, 0.4) is 0 Å². The molecule has 0 aliphatic rings. The highest BCUT2D eigenvalue weighted by Crippen LogP contribution is 2.05. The van der Waals surface area contributed by atoms with Crippen LogP contribution >= 0.6 is 0 Å². The normalized spacial score (nSPS) is 15.6. The Bertz CT molecular complexity index is 118. The van der Waals surface area contributed by atoms with E-state index < -0.39 is 6.10 Å². The summed E-state index contributed by atoms with van der Waals surface area (Å²) >= 11 is 0. The Kier molecular flexibility index (Phi) is 4.17. The first-order valence-electron chi connectivity index (χ1n) is 3.32. The Hall–Kier alpha value is -0.480. The lowest BCUT2D eigenvalue weighted by Gasteiger charge is -2.09. The smallest absolute Gasteiger partial charge is 0.117 e. The molecule has 1 nitrogen and oxygen atoms in total. The van der Waals surface area contributed by atoms with E-state index >= 15 is 0 Å². The fourth-order valence-corrected chi connectivity index (χ4v) is 0.513. The molecule has 0 saturated heterocycles. The first-order valence-corrected chi connectivity index (χ1v) is 3.32. The fraction of sp³-hybridized carbons (Fsp3) is 0.750. The van der Waals surface area contributed by atoms with Gasteiger partial charge in [0.05, 0.1) is 0 Å². The summed E-state index contributed by atoms with van der Waals surface area (Å²) in [6, 6.07) is 0. The van der Waals surface area contributed by atoms with Gasteiger partial charge in [-0.3, -0.25) is 0 Å². The van der Waals surface area contributed by atoms with E-state index in [1.54, 1.807) is 6.92 Å². The molecule has 0 aliphatic carbocycles. The number of hydrogen-bond donors (Lipinski definition) is 1. The summed E-state index contributed by atoms with van der Waals surface area (Å²) in [6.07, 6.45) is 0.551. The Morgan fingerprint density at radius 3 is 2.44 bits per heavy atom. The van der Waals surface area contributed by atoms with E-state index in [-0.39, 0.29) is 0 Å². The maximum atomic E-state index is 9.14. The summed E-state index contributed by atoms with van der Waals surface area (Å²) in [6.45, 7) is 5.78. The van der Waals surface area contributed by atoms with E-state index in [1.807, 2.05) is 13.8 Å². The molecule has 2 unspecified atom stereocenters. The molecule has 0 aliphatic heterocycles. The average Bonchev–Trinajstić information content (AvgIpc) is 1.87. The van der Waals surface area contributed by atoms with Crippen molar-refractivity contribution in [1.82, 2.24) is 0 Å². The van der Waals surface area contributed by atoms with Gasteiger partial charge in [-0.15, -0.1) is 5.92 Å². The molecule has 0 aromatic rings. The lowest BCUT2D eigenvalue weighted by atomic mass is 10.0. The second-order valence-electron chi connectivity index (χ2n) is 2.22. The van der Waals surface area contributed by atoms with Crippen LogP contribution in [0.5, 0.6) is 0 Å². The molecule has 0 heterocycles. The molecule has 0 aromatic carbocycles. The van der Waals surface area contributed by atoms with Gasteiger partial charge in [0.1, 0.15) is 6.10 Å². The highest BCUT2D eigenvalue weighted by molar-refractivity contribution is 5.02. The Morgan fingerprint density at radius 2 is 2.11 bits per heavy atom. The number of aliphatic hydroxyl groups excluding tert-OH is 1. The zero-order valence-electron chi connectivity index (χ0n) is 6.31. The van der Waals surface area contributed by atoms with Gasteiger partial charge in [0.15, 0.2) is 0 Å². The van der Waals surface area contributed by atoms with Crippen LogP contribution < -0.4 is 0 Å². The number of rotatable bonds is 2. The maximum Gasteiger partial charge on any atom is 0.117 e. The van der Waals surface area contributed by atoms with Gasteiger partial charge < -0.3 is 5.11 Å². The summed E-state index contributed by atoms with van der Waals surface area (Å²) < 4.78 is 0. The molecular formula is C8H14O. The molecule has 0 saturated carbocycles. The van der Waals surface area contributed by atoms with Gasteiger partial charge in [-0.25, -0.2) is 0 Å². The van der Waals surface area contributed by atoms with Gasteiger partial charge in [-0.1, -0.05) is 26.2 Å². The molecule has 0 aromatic heterocycles. The van der Waals surface area contributed by atoms with Crippen LogP contribution in [0.4, 0.5) is 0 Å². The lowest BCUT2D eigenvalue weighted by Crippen LogP contribution is -2.13. The third-order valence-corrected chi connectivity index (χ3v) is 1.48. The first-order chi connectivity index (χ1) is 4.22. The van der Waals surface area contributed by atoms with Gasteiger partial charge in [0.25, 0.3) is 0 Å². The van der Waals surface area contributed by atoms with Crippen molar-refractivity contribution in [2.45, 2.75) is 33.3 Å². The van der Waals surface area contributed by atoms with Crippen molar-refractivity contribution in [3.63, 3.8) is 0 Å². The Labute approximate surface area is 57.1 Å². The van der Waals surface area contributed by atoms with E-state index in [2.05, 4.69) is 11.8 Å². The van der Waals surface area contributed by atoms with Crippen LogP contribution in [-0.4, -0.2) is 11.2 Å². The molecule has 0 rings (SSSR count). The van der Waals surface area contributed by atoms with Gasteiger partial charge in [-0.05, 0) is 12.8 Å². The highest BCUT2D eigenvalue weighted by atomic mass is 16.3. The van der Waals surface area contributed by atoms with Crippen molar-refractivity contribution in [2.75, 3.05) is 0 Å². The molecule has 0 fully saturated rings. The minimum atomic E-state index is -0.431. The summed E-state index contributed by atoms with van der Waals surface area (Å²) in [5.41, 5.74) is 0. The molecule has 52 valence electrons. The zero-order chi connectivity index (χ0) is 7.28. The van der Waals surface area contributed by atoms with Gasteiger partial charge in [-0.2, -0.15) is 0 Å². The lowest BCUT2D eigenvalue weighted by molar-refractivity contribution is 0.169. The van der Waals surface area contributed by atoms with Crippen molar-refractivity contribution in [3.05, 3.63) is 0 Å². The predicted octanol–water partition coefficient (Wildman–Crippen LogP) is 1.42. The Morgan fingerprint density at radius 1 is 1.56 bits per heavy atom. The highest BCUT2D eigenvalue weighted by Gasteiger charge is 2.06. The van der Waals surface area contributed by atoms with E-state index in [9.17, 15) is 0 Å². The predicted molar refractivity (Wildman–Crippen MR) is 38.9 cm³/mol. The van der Waals surface area contributed by atoms with Crippen LogP contribution in [0.2, 0.25) is 0 Å². The Balaban J connectivity index is 3.67. The number of hydrogen-bond acceptors (Lipinski definition) is 1. The quantitative estimate of drug-likeness (QED) is 0.555. The van der Waals surface area contributed by atoms with Gasteiger partial charge in [0.2, 0.25) is 0 Å². The average molecular weight is 126 g/mol. The molecule has 0 amide bonds. The molecule has 9 heavy (non-hydrogen) atoms.